The zero-order valence-corrected chi connectivity index (χ0v) is 17.9. The van der Waals surface area contributed by atoms with Crippen LogP contribution >= 0.6 is 0 Å². The van der Waals surface area contributed by atoms with E-state index in [1.807, 2.05) is 32.0 Å². The van der Waals surface area contributed by atoms with Gasteiger partial charge in [0.2, 0.25) is 0 Å². The third-order valence-electron chi connectivity index (χ3n) is 5.23. The van der Waals surface area contributed by atoms with E-state index >= 15 is 0 Å². The molecule has 6 heteroatoms. The van der Waals surface area contributed by atoms with Gasteiger partial charge in [-0.3, -0.25) is 9.59 Å². The Hall–Kier alpha value is -3.93. The van der Waals surface area contributed by atoms with E-state index in [4.69, 9.17) is 4.74 Å². The molecule has 1 aliphatic heterocycles. The first-order chi connectivity index (χ1) is 15.5. The quantitative estimate of drug-likeness (QED) is 0.525. The summed E-state index contributed by atoms with van der Waals surface area (Å²) in [6, 6.07) is 20.0. The summed E-state index contributed by atoms with van der Waals surface area (Å²) >= 11 is 0. The Morgan fingerprint density at radius 2 is 1.62 bits per heavy atom. The Bertz CT molecular complexity index is 1180. The molecule has 0 aromatic heterocycles. The van der Waals surface area contributed by atoms with E-state index in [1.54, 1.807) is 30.3 Å². The fraction of sp³-hybridized carbons (Fsp3) is 0.154. The van der Waals surface area contributed by atoms with Crippen molar-refractivity contribution in [3.8, 4) is 5.75 Å². The summed E-state index contributed by atoms with van der Waals surface area (Å²) in [4.78, 5) is 28.0. The molecule has 0 saturated heterocycles. The summed E-state index contributed by atoms with van der Waals surface area (Å²) in [5.74, 6) is -0.711. The van der Waals surface area contributed by atoms with Crippen LogP contribution in [-0.4, -0.2) is 18.4 Å². The zero-order valence-electron chi connectivity index (χ0n) is 17.9. The molecule has 3 aromatic carbocycles. The van der Waals surface area contributed by atoms with Crippen LogP contribution in [0.5, 0.6) is 5.75 Å². The van der Waals surface area contributed by atoms with Crippen LogP contribution in [-0.2, 0) is 16.0 Å². The monoisotopic (exact) mass is 430 g/mol. The fourth-order valence-corrected chi connectivity index (χ4v) is 3.62. The van der Waals surface area contributed by atoms with E-state index in [0.717, 1.165) is 16.9 Å². The Balaban J connectivity index is 1.77. The number of halogens is 1. The fourth-order valence-electron chi connectivity index (χ4n) is 3.62. The number of carbonyl (C=O) groups is 2. The van der Waals surface area contributed by atoms with Gasteiger partial charge in [0.15, 0.2) is 0 Å². The number of hydrogen-bond acceptors (Lipinski definition) is 4. The predicted octanol–water partition coefficient (Wildman–Crippen LogP) is 5.18. The third kappa shape index (κ3) is 4.12. The second-order valence-corrected chi connectivity index (χ2v) is 7.31. The first-order valence-electron chi connectivity index (χ1n) is 10.5. The SMILES string of the molecule is CCOc1cccc(NC2=C(c3ccc(F)cc3)C(=O)N(c3ccc(CC)cc3)C2=O)c1. The largest absolute Gasteiger partial charge is 0.494 e. The van der Waals surface area contributed by atoms with Crippen LogP contribution in [0.2, 0.25) is 0 Å². The predicted molar refractivity (Wildman–Crippen MR) is 123 cm³/mol. The number of nitrogens with zero attached hydrogens (tertiary/aromatic N) is 1. The van der Waals surface area contributed by atoms with Gasteiger partial charge < -0.3 is 10.1 Å². The molecule has 1 heterocycles. The van der Waals surface area contributed by atoms with Crippen LogP contribution < -0.4 is 15.0 Å². The van der Waals surface area contributed by atoms with Crippen LogP contribution in [0.4, 0.5) is 15.8 Å². The van der Waals surface area contributed by atoms with Crippen molar-refractivity contribution in [3.05, 3.63) is 95.4 Å². The van der Waals surface area contributed by atoms with E-state index < -0.39 is 17.6 Å². The van der Waals surface area contributed by atoms with Gasteiger partial charge in [-0.25, -0.2) is 9.29 Å². The molecule has 0 saturated carbocycles. The maximum atomic E-state index is 13.5. The van der Waals surface area contributed by atoms with Gasteiger partial charge in [0.1, 0.15) is 17.3 Å². The minimum Gasteiger partial charge on any atom is -0.494 e. The van der Waals surface area contributed by atoms with Crippen LogP contribution in [0.3, 0.4) is 0 Å². The number of nitrogens with one attached hydrogen (secondary N) is 1. The number of amides is 2. The number of ether oxygens (including phenoxy) is 1. The van der Waals surface area contributed by atoms with Crippen LogP contribution in [0.25, 0.3) is 5.57 Å². The highest BCUT2D eigenvalue weighted by atomic mass is 19.1. The van der Waals surface area contributed by atoms with Crippen molar-refractivity contribution in [2.24, 2.45) is 0 Å². The number of aryl methyl sites for hydroxylation is 1. The van der Waals surface area contributed by atoms with Gasteiger partial charge in [0.25, 0.3) is 11.8 Å². The lowest BCUT2D eigenvalue weighted by Crippen LogP contribution is -2.32. The lowest BCUT2D eigenvalue weighted by molar-refractivity contribution is -0.120. The lowest BCUT2D eigenvalue weighted by atomic mass is 10.0. The van der Waals surface area contributed by atoms with E-state index in [2.05, 4.69) is 5.32 Å². The van der Waals surface area contributed by atoms with E-state index in [0.29, 0.717) is 29.3 Å². The number of imide groups is 1. The zero-order chi connectivity index (χ0) is 22.7. The van der Waals surface area contributed by atoms with Gasteiger partial charge in [-0.2, -0.15) is 0 Å². The molecule has 162 valence electrons. The second-order valence-electron chi connectivity index (χ2n) is 7.31. The normalized spacial score (nSPS) is 13.7. The van der Waals surface area contributed by atoms with Gasteiger partial charge in [0, 0.05) is 11.8 Å². The molecule has 5 nitrogen and oxygen atoms in total. The molecule has 1 aliphatic rings. The van der Waals surface area contributed by atoms with Gasteiger partial charge in [-0.15, -0.1) is 0 Å². The molecular weight excluding hydrogens is 407 g/mol. The summed E-state index contributed by atoms with van der Waals surface area (Å²) in [6.45, 7) is 4.43. The lowest BCUT2D eigenvalue weighted by Gasteiger charge is -2.16. The van der Waals surface area contributed by atoms with Crippen molar-refractivity contribution in [3.63, 3.8) is 0 Å². The van der Waals surface area contributed by atoms with Crippen molar-refractivity contribution < 1.29 is 18.7 Å². The van der Waals surface area contributed by atoms with Crippen molar-refractivity contribution in [1.82, 2.24) is 0 Å². The molecule has 0 aliphatic carbocycles. The Labute approximate surface area is 186 Å². The Morgan fingerprint density at radius 3 is 2.28 bits per heavy atom. The maximum Gasteiger partial charge on any atom is 0.282 e. The summed E-state index contributed by atoms with van der Waals surface area (Å²) in [5, 5.41) is 3.10. The summed E-state index contributed by atoms with van der Waals surface area (Å²) in [6.07, 6.45) is 0.851. The second kappa shape index (κ2) is 9.06. The van der Waals surface area contributed by atoms with Crippen molar-refractivity contribution >= 4 is 28.8 Å². The number of rotatable bonds is 7. The number of hydrogen-bond donors (Lipinski definition) is 1. The van der Waals surface area contributed by atoms with E-state index in [9.17, 15) is 14.0 Å². The molecular formula is C26H23FN2O3. The van der Waals surface area contributed by atoms with E-state index in [1.165, 1.54) is 24.3 Å². The standard InChI is InChI=1S/C26H23FN2O3/c1-3-17-8-14-21(15-9-17)29-25(30)23(18-10-12-19(27)13-11-18)24(26(29)31)28-20-6-5-7-22(16-20)32-4-2/h5-16,28H,3-4H2,1-2H3. The first kappa shape index (κ1) is 21.3. The molecule has 2 amide bonds. The van der Waals surface area contributed by atoms with Gasteiger partial charge >= 0.3 is 0 Å². The highest BCUT2D eigenvalue weighted by Crippen LogP contribution is 2.34. The molecule has 0 radical (unpaired) electrons. The molecule has 1 N–H and O–H groups in total. The number of anilines is 2. The van der Waals surface area contributed by atoms with Crippen LogP contribution in [0.15, 0.2) is 78.5 Å². The first-order valence-corrected chi connectivity index (χ1v) is 10.5. The molecule has 4 rings (SSSR count). The molecule has 0 fully saturated rings. The summed E-state index contributed by atoms with van der Waals surface area (Å²) < 4.78 is 19.0. The topological polar surface area (TPSA) is 58.6 Å². The van der Waals surface area contributed by atoms with Crippen molar-refractivity contribution in [2.75, 3.05) is 16.8 Å². The molecule has 0 atom stereocenters. The van der Waals surface area contributed by atoms with Gasteiger partial charge in [0.05, 0.1) is 17.9 Å². The van der Waals surface area contributed by atoms with E-state index in [-0.39, 0.29) is 11.3 Å². The molecule has 0 bridgehead atoms. The Kier molecular flexibility index (Phi) is 6.03. The van der Waals surface area contributed by atoms with Crippen LogP contribution in [0.1, 0.15) is 25.0 Å². The minimum absolute atomic E-state index is 0.134. The summed E-state index contributed by atoms with van der Waals surface area (Å²) in [7, 11) is 0. The van der Waals surface area contributed by atoms with Gasteiger partial charge in [-0.05, 0) is 60.9 Å². The molecule has 0 spiro atoms. The highest BCUT2D eigenvalue weighted by Gasteiger charge is 2.40. The molecule has 32 heavy (non-hydrogen) atoms. The number of carbonyl (C=O) groups excluding carboxylic acids is 2. The summed E-state index contributed by atoms with van der Waals surface area (Å²) in [5.41, 5.74) is 2.98. The minimum atomic E-state index is -0.472. The third-order valence-corrected chi connectivity index (χ3v) is 5.23. The maximum absolute atomic E-state index is 13.5. The van der Waals surface area contributed by atoms with Crippen molar-refractivity contribution in [2.45, 2.75) is 20.3 Å². The number of benzene rings is 3. The average molecular weight is 430 g/mol. The molecule has 0 unspecified atom stereocenters. The average Bonchev–Trinajstić information content (AvgIpc) is 3.04. The highest BCUT2D eigenvalue weighted by molar-refractivity contribution is 6.46. The molecule has 3 aromatic rings. The smallest absolute Gasteiger partial charge is 0.282 e. The van der Waals surface area contributed by atoms with Crippen LogP contribution in [0, 0.1) is 5.82 Å². The van der Waals surface area contributed by atoms with Crippen molar-refractivity contribution in [1.29, 1.82) is 0 Å². The van der Waals surface area contributed by atoms with Gasteiger partial charge in [-0.1, -0.05) is 37.3 Å². The Morgan fingerprint density at radius 1 is 0.906 bits per heavy atom.